The molecule has 0 unspecified atom stereocenters. The fourth-order valence-corrected chi connectivity index (χ4v) is 2.15. The molecule has 0 spiro atoms. The number of rotatable bonds is 11. The first kappa shape index (κ1) is 22.1. The molecule has 0 saturated heterocycles. The van der Waals surface area contributed by atoms with Crippen molar-refractivity contribution < 1.29 is 29.0 Å². The minimum atomic E-state index is -1.17. The van der Waals surface area contributed by atoms with E-state index in [1.54, 1.807) is 12.1 Å². The van der Waals surface area contributed by atoms with Crippen LogP contribution in [-0.4, -0.2) is 47.5 Å². The van der Waals surface area contributed by atoms with Gasteiger partial charge in [-0.15, -0.1) is 0 Å². The van der Waals surface area contributed by atoms with Gasteiger partial charge >= 0.3 is 6.09 Å². The number of aliphatic hydroxyl groups excluding tert-OH is 1. The van der Waals surface area contributed by atoms with Crippen molar-refractivity contribution in [3.63, 3.8) is 0 Å². The Labute approximate surface area is 157 Å². The molecule has 0 radical (unpaired) electrons. The number of primary amides is 1. The average molecular weight is 379 g/mol. The van der Waals surface area contributed by atoms with E-state index in [4.69, 9.17) is 10.5 Å². The van der Waals surface area contributed by atoms with Gasteiger partial charge in [-0.2, -0.15) is 0 Å². The second-order valence-corrected chi connectivity index (χ2v) is 6.06. The number of ketones is 1. The van der Waals surface area contributed by atoms with Crippen molar-refractivity contribution in [2.24, 2.45) is 5.73 Å². The van der Waals surface area contributed by atoms with Crippen LogP contribution in [0.4, 0.5) is 4.79 Å². The van der Waals surface area contributed by atoms with Gasteiger partial charge in [0.2, 0.25) is 11.8 Å². The summed E-state index contributed by atoms with van der Waals surface area (Å²) in [7, 11) is 0. The quantitative estimate of drug-likeness (QED) is 0.425. The van der Waals surface area contributed by atoms with Crippen molar-refractivity contribution in [1.82, 2.24) is 10.6 Å². The molecule has 9 nitrogen and oxygen atoms in total. The summed E-state index contributed by atoms with van der Waals surface area (Å²) in [5, 5.41) is 14.5. The zero-order chi connectivity index (χ0) is 20.2. The molecule has 0 fully saturated rings. The van der Waals surface area contributed by atoms with Crippen molar-refractivity contribution in [3.8, 4) is 0 Å². The molecule has 0 aliphatic heterocycles. The Morgan fingerprint density at radius 2 is 1.85 bits per heavy atom. The maximum atomic E-state index is 11.9. The molecular formula is C18H25N3O6. The van der Waals surface area contributed by atoms with Crippen LogP contribution in [0.5, 0.6) is 0 Å². The fourth-order valence-electron chi connectivity index (χ4n) is 2.15. The Hall–Kier alpha value is -2.94. The molecule has 0 heterocycles. The van der Waals surface area contributed by atoms with Crippen LogP contribution in [0.25, 0.3) is 0 Å². The lowest BCUT2D eigenvalue weighted by molar-refractivity contribution is -0.129. The number of alkyl carbamates (subject to hydrolysis) is 1. The average Bonchev–Trinajstić information content (AvgIpc) is 2.62. The van der Waals surface area contributed by atoms with Crippen molar-refractivity contribution in [2.75, 3.05) is 6.54 Å². The summed E-state index contributed by atoms with van der Waals surface area (Å²) in [6.07, 6.45) is -2.05. The summed E-state index contributed by atoms with van der Waals surface area (Å²) in [6.45, 7) is 1.25. The SMILES string of the molecule is CC(=O)CC[C@@H](NC(=O)C[C@H](O)CNC(=O)OCc1ccccc1)C(N)=O. The van der Waals surface area contributed by atoms with E-state index in [9.17, 15) is 24.3 Å². The lowest BCUT2D eigenvalue weighted by Gasteiger charge is -2.17. The van der Waals surface area contributed by atoms with Gasteiger partial charge in [0, 0.05) is 13.0 Å². The highest BCUT2D eigenvalue weighted by molar-refractivity contribution is 5.87. The first-order chi connectivity index (χ1) is 12.8. The van der Waals surface area contributed by atoms with Crippen molar-refractivity contribution in [1.29, 1.82) is 0 Å². The zero-order valence-electron chi connectivity index (χ0n) is 15.1. The molecule has 3 amide bonds. The van der Waals surface area contributed by atoms with Gasteiger partial charge in [-0.1, -0.05) is 30.3 Å². The first-order valence-electron chi connectivity index (χ1n) is 8.48. The Morgan fingerprint density at radius 3 is 2.44 bits per heavy atom. The zero-order valence-corrected chi connectivity index (χ0v) is 15.1. The molecule has 0 saturated carbocycles. The molecule has 0 aromatic heterocycles. The normalized spacial score (nSPS) is 12.5. The minimum Gasteiger partial charge on any atom is -0.445 e. The molecule has 1 aromatic rings. The number of carbonyl (C=O) groups excluding carboxylic acids is 4. The summed E-state index contributed by atoms with van der Waals surface area (Å²) in [4.78, 5) is 45.7. The number of hydrogen-bond acceptors (Lipinski definition) is 6. The molecule has 2 atom stereocenters. The van der Waals surface area contributed by atoms with Crippen LogP contribution in [0.1, 0.15) is 31.7 Å². The maximum absolute atomic E-state index is 11.9. The smallest absolute Gasteiger partial charge is 0.407 e. The maximum Gasteiger partial charge on any atom is 0.407 e. The summed E-state index contributed by atoms with van der Waals surface area (Å²) >= 11 is 0. The lowest BCUT2D eigenvalue weighted by Crippen LogP contribution is -2.46. The molecule has 27 heavy (non-hydrogen) atoms. The Balaban J connectivity index is 2.30. The molecule has 1 rings (SSSR count). The number of nitrogens with two attached hydrogens (primary N) is 1. The first-order valence-corrected chi connectivity index (χ1v) is 8.48. The van der Waals surface area contributed by atoms with Crippen LogP contribution >= 0.6 is 0 Å². The third-order valence-corrected chi connectivity index (χ3v) is 3.58. The number of hydrogen-bond donors (Lipinski definition) is 4. The lowest BCUT2D eigenvalue weighted by atomic mass is 10.1. The number of aliphatic hydroxyl groups is 1. The Morgan fingerprint density at radius 1 is 1.19 bits per heavy atom. The third kappa shape index (κ3) is 9.95. The van der Waals surface area contributed by atoms with Gasteiger partial charge in [-0.05, 0) is 18.9 Å². The second-order valence-electron chi connectivity index (χ2n) is 6.06. The summed E-state index contributed by atoms with van der Waals surface area (Å²) in [5.41, 5.74) is 6.00. The van der Waals surface area contributed by atoms with Crippen molar-refractivity contribution >= 4 is 23.7 Å². The van der Waals surface area contributed by atoms with Gasteiger partial charge < -0.3 is 31.0 Å². The number of Topliss-reactive ketones (excluding diaryl/α,β-unsaturated/α-hetero) is 1. The standard InChI is InChI=1S/C18H25N3O6/c1-12(22)7-8-15(17(19)25)21-16(24)9-14(23)10-20-18(26)27-11-13-5-3-2-4-6-13/h2-6,14-15,23H,7-11H2,1H3,(H2,19,25)(H,20,26)(H,21,24)/t14-,15+/m0/s1. The van der Waals surface area contributed by atoms with Gasteiger partial charge in [0.25, 0.3) is 0 Å². The van der Waals surface area contributed by atoms with E-state index in [0.29, 0.717) is 0 Å². The van der Waals surface area contributed by atoms with Crippen molar-refractivity contribution in [3.05, 3.63) is 35.9 Å². The number of carbonyl (C=O) groups is 4. The van der Waals surface area contributed by atoms with Gasteiger partial charge in [0.15, 0.2) is 0 Å². The van der Waals surface area contributed by atoms with Crippen LogP contribution in [0.3, 0.4) is 0 Å². The van der Waals surface area contributed by atoms with E-state index in [2.05, 4.69) is 10.6 Å². The van der Waals surface area contributed by atoms with Gasteiger partial charge in [0.05, 0.1) is 12.5 Å². The van der Waals surface area contributed by atoms with E-state index >= 15 is 0 Å². The van der Waals surface area contributed by atoms with Crippen molar-refractivity contribution in [2.45, 2.75) is 44.9 Å². The molecule has 0 aliphatic rings. The molecule has 0 bridgehead atoms. The van der Waals surface area contributed by atoms with E-state index in [1.807, 2.05) is 18.2 Å². The molecule has 0 aliphatic carbocycles. The second kappa shape index (κ2) is 11.6. The number of benzene rings is 1. The van der Waals surface area contributed by atoms with Crippen LogP contribution < -0.4 is 16.4 Å². The van der Waals surface area contributed by atoms with Gasteiger partial charge in [-0.25, -0.2) is 4.79 Å². The monoisotopic (exact) mass is 379 g/mol. The summed E-state index contributed by atoms with van der Waals surface area (Å²) in [5.74, 6) is -1.51. The van der Waals surface area contributed by atoms with E-state index in [0.717, 1.165) is 5.56 Å². The molecule has 1 aromatic carbocycles. The predicted molar refractivity (Wildman–Crippen MR) is 96.3 cm³/mol. The third-order valence-electron chi connectivity index (χ3n) is 3.58. The molecule has 5 N–H and O–H groups in total. The van der Waals surface area contributed by atoms with Gasteiger partial charge in [0.1, 0.15) is 18.4 Å². The van der Waals surface area contributed by atoms with Crippen LogP contribution in [0.15, 0.2) is 30.3 Å². The molecule has 148 valence electrons. The minimum absolute atomic E-state index is 0.0830. The number of ether oxygens (including phenoxy) is 1. The highest BCUT2D eigenvalue weighted by Gasteiger charge is 2.20. The molecular weight excluding hydrogens is 354 g/mol. The highest BCUT2D eigenvalue weighted by Crippen LogP contribution is 2.02. The van der Waals surface area contributed by atoms with Crippen LogP contribution in [-0.2, 0) is 25.7 Å². The Bertz CT molecular complexity index is 650. The van der Waals surface area contributed by atoms with E-state index in [-0.39, 0.29) is 38.2 Å². The highest BCUT2D eigenvalue weighted by atomic mass is 16.5. The molecule has 9 heteroatoms. The number of nitrogens with one attached hydrogen (secondary N) is 2. The van der Waals surface area contributed by atoms with Gasteiger partial charge in [-0.3, -0.25) is 9.59 Å². The summed E-state index contributed by atoms with van der Waals surface area (Å²) < 4.78 is 4.98. The van der Waals surface area contributed by atoms with Crippen LogP contribution in [0, 0.1) is 0 Å². The fraction of sp³-hybridized carbons (Fsp3) is 0.444. The van der Waals surface area contributed by atoms with E-state index < -0.39 is 30.1 Å². The number of amides is 3. The van der Waals surface area contributed by atoms with E-state index in [1.165, 1.54) is 6.92 Å². The van der Waals surface area contributed by atoms with Crippen LogP contribution in [0.2, 0.25) is 0 Å². The largest absolute Gasteiger partial charge is 0.445 e. The summed E-state index contributed by atoms with van der Waals surface area (Å²) in [6, 6.07) is 8.08. The Kier molecular flexibility index (Phi) is 9.52. The topological polar surface area (TPSA) is 148 Å². The predicted octanol–water partition coefficient (Wildman–Crippen LogP) is 0.00310.